The Hall–Kier alpha value is -2.40. The second kappa shape index (κ2) is 6.34. The first-order valence-corrected chi connectivity index (χ1v) is 9.82. The Morgan fingerprint density at radius 2 is 1.85 bits per heavy atom. The van der Waals surface area contributed by atoms with Crippen molar-refractivity contribution in [3.05, 3.63) is 65.5 Å². The topological polar surface area (TPSA) is 28.1 Å². The van der Waals surface area contributed by atoms with Crippen molar-refractivity contribution in [3.63, 3.8) is 0 Å². The van der Waals surface area contributed by atoms with Crippen molar-refractivity contribution >= 4 is 5.71 Å². The van der Waals surface area contributed by atoms with E-state index in [9.17, 15) is 4.39 Å². The third-order valence-corrected chi connectivity index (χ3v) is 6.18. The molecule has 27 heavy (non-hydrogen) atoms. The number of para-hydroxylation sites is 1. The highest BCUT2D eigenvalue weighted by molar-refractivity contribution is 6.02. The van der Waals surface area contributed by atoms with Gasteiger partial charge in [0.1, 0.15) is 11.6 Å². The Balaban J connectivity index is 1.57. The zero-order valence-corrected chi connectivity index (χ0v) is 15.6. The lowest BCUT2D eigenvalue weighted by Gasteiger charge is -2.51. The molecule has 1 fully saturated rings. The van der Waals surface area contributed by atoms with E-state index in [2.05, 4.69) is 29.0 Å². The molecule has 1 spiro atoms. The molecule has 5 heteroatoms. The fraction of sp³-hybridized carbons (Fsp3) is 0.409. The molecule has 1 atom stereocenters. The van der Waals surface area contributed by atoms with Gasteiger partial charge in [0.05, 0.1) is 11.8 Å². The van der Waals surface area contributed by atoms with Crippen LogP contribution in [0.4, 0.5) is 4.39 Å². The van der Waals surface area contributed by atoms with Gasteiger partial charge in [-0.05, 0) is 18.7 Å². The first-order valence-electron chi connectivity index (χ1n) is 9.82. The Labute approximate surface area is 159 Å². The fourth-order valence-corrected chi connectivity index (χ4v) is 4.64. The van der Waals surface area contributed by atoms with Crippen LogP contribution in [0.1, 0.15) is 43.4 Å². The van der Waals surface area contributed by atoms with Crippen molar-refractivity contribution in [3.8, 4) is 5.75 Å². The summed E-state index contributed by atoms with van der Waals surface area (Å²) in [6, 6.07) is 15.3. The van der Waals surface area contributed by atoms with E-state index in [1.54, 1.807) is 6.07 Å². The molecule has 0 unspecified atom stereocenters. The Morgan fingerprint density at radius 1 is 1.11 bits per heavy atom. The highest BCUT2D eigenvalue weighted by Gasteiger charge is 2.51. The zero-order chi connectivity index (χ0) is 18.4. The smallest absolute Gasteiger partial charge is 0.200 e. The number of ether oxygens (including phenoxy) is 1. The van der Waals surface area contributed by atoms with Crippen LogP contribution in [0.3, 0.4) is 0 Å². The number of halogens is 1. The van der Waals surface area contributed by atoms with E-state index >= 15 is 0 Å². The Kier molecular flexibility index (Phi) is 3.93. The maximum Gasteiger partial charge on any atom is 0.200 e. The Bertz CT molecular complexity index is 889. The highest BCUT2D eigenvalue weighted by atomic mass is 19.1. The summed E-state index contributed by atoms with van der Waals surface area (Å²) >= 11 is 0. The van der Waals surface area contributed by atoms with Gasteiger partial charge >= 0.3 is 0 Å². The molecule has 0 N–H and O–H groups in total. The number of piperidine rings is 1. The summed E-state index contributed by atoms with van der Waals surface area (Å²) < 4.78 is 21.0. The first-order chi connectivity index (χ1) is 13.2. The summed E-state index contributed by atoms with van der Waals surface area (Å²) in [4.78, 5) is 2.45. The fourth-order valence-electron chi connectivity index (χ4n) is 4.64. The van der Waals surface area contributed by atoms with E-state index in [4.69, 9.17) is 9.84 Å². The maximum absolute atomic E-state index is 14.4. The molecule has 0 radical (unpaired) electrons. The molecule has 1 saturated heterocycles. The molecule has 0 bridgehead atoms. The van der Waals surface area contributed by atoms with Crippen molar-refractivity contribution < 1.29 is 9.13 Å². The quantitative estimate of drug-likeness (QED) is 0.799. The molecule has 2 aromatic rings. The minimum Gasteiger partial charge on any atom is -0.466 e. The zero-order valence-electron chi connectivity index (χ0n) is 15.6. The van der Waals surface area contributed by atoms with Crippen LogP contribution < -0.4 is 4.74 Å². The first kappa shape index (κ1) is 16.8. The molecule has 5 rings (SSSR count). The average molecular weight is 365 g/mol. The SMILES string of the molecule is CCN1CCC2(CC1)Oc1ccccc1[C@@H]1CC(c3ccccc3F)=NN12. The van der Waals surface area contributed by atoms with Crippen LogP contribution in [-0.4, -0.2) is 41.0 Å². The molecular formula is C22H24FN3O. The van der Waals surface area contributed by atoms with E-state index < -0.39 is 5.72 Å². The lowest BCUT2D eigenvalue weighted by atomic mass is 9.90. The van der Waals surface area contributed by atoms with E-state index in [-0.39, 0.29) is 11.9 Å². The molecule has 2 aromatic carbocycles. The summed E-state index contributed by atoms with van der Waals surface area (Å²) in [6.07, 6.45) is 2.51. The number of benzene rings is 2. The minimum atomic E-state index is -0.433. The number of hydrogen-bond donors (Lipinski definition) is 0. The van der Waals surface area contributed by atoms with Gasteiger partial charge in [0.25, 0.3) is 0 Å². The van der Waals surface area contributed by atoms with Gasteiger partial charge in [-0.3, -0.25) is 0 Å². The molecule has 0 saturated carbocycles. The van der Waals surface area contributed by atoms with Crippen LogP contribution in [0.15, 0.2) is 53.6 Å². The lowest BCUT2D eigenvalue weighted by molar-refractivity contribution is -0.149. The van der Waals surface area contributed by atoms with Gasteiger partial charge in [0.15, 0.2) is 0 Å². The molecule has 0 amide bonds. The molecule has 4 nitrogen and oxygen atoms in total. The van der Waals surface area contributed by atoms with E-state index in [0.29, 0.717) is 12.0 Å². The van der Waals surface area contributed by atoms with E-state index in [1.807, 2.05) is 24.3 Å². The molecule has 3 aliphatic rings. The van der Waals surface area contributed by atoms with Crippen molar-refractivity contribution in [1.29, 1.82) is 0 Å². The normalized spacial score (nSPS) is 23.6. The number of fused-ring (bicyclic) bond motifs is 4. The van der Waals surface area contributed by atoms with Crippen molar-refractivity contribution in [2.24, 2.45) is 5.10 Å². The second-order valence-electron chi connectivity index (χ2n) is 7.61. The van der Waals surface area contributed by atoms with Gasteiger partial charge in [-0.25, -0.2) is 9.40 Å². The minimum absolute atomic E-state index is 0.109. The van der Waals surface area contributed by atoms with Gasteiger partial charge in [-0.2, -0.15) is 5.10 Å². The summed E-state index contributed by atoms with van der Waals surface area (Å²) in [5, 5.41) is 7.08. The molecule has 3 aliphatic heterocycles. The summed E-state index contributed by atoms with van der Waals surface area (Å²) in [5.41, 5.74) is 2.13. The van der Waals surface area contributed by atoms with Gasteiger partial charge in [-0.15, -0.1) is 0 Å². The monoisotopic (exact) mass is 365 g/mol. The summed E-state index contributed by atoms with van der Waals surface area (Å²) in [5.74, 6) is 0.744. The van der Waals surface area contributed by atoms with Crippen LogP contribution >= 0.6 is 0 Å². The van der Waals surface area contributed by atoms with Crippen LogP contribution in [0.25, 0.3) is 0 Å². The molecule has 3 heterocycles. The van der Waals surface area contributed by atoms with Gasteiger partial charge in [0.2, 0.25) is 5.72 Å². The molecule has 0 aliphatic carbocycles. The third kappa shape index (κ3) is 2.64. The summed E-state index contributed by atoms with van der Waals surface area (Å²) in [7, 11) is 0. The molecule has 140 valence electrons. The van der Waals surface area contributed by atoms with Crippen LogP contribution in [-0.2, 0) is 0 Å². The number of hydrogen-bond acceptors (Lipinski definition) is 4. The molecule has 0 aromatic heterocycles. The maximum atomic E-state index is 14.4. The average Bonchev–Trinajstić information content (AvgIpc) is 3.16. The van der Waals surface area contributed by atoms with E-state index in [1.165, 1.54) is 6.07 Å². The third-order valence-electron chi connectivity index (χ3n) is 6.18. The second-order valence-corrected chi connectivity index (χ2v) is 7.61. The highest BCUT2D eigenvalue weighted by Crippen LogP contribution is 2.49. The number of likely N-dealkylation sites (tertiary alicyclic amines) is 1. The lowest BCUT2D eigenvalue weighted by Crippen LogP contribution is -2.59. The number of hydrazone groups is 1. The van der Waals surface area contributed by atoms with Gasteiger partial charge < -0.3 is 9.64 Å². The van der Waals surface area contributed by atoms with Gasteiger partial charge in [0, 0.05) is 43.5 Å². The number of nitrogens with zero attached hydrogens (tertiary/aromatic N) is 3. The summed E-state index contributed by atoms with van der Waals surface area (Å²) in [6.45, 7) is 5.24. The van der Waals surface area contributed by atoms with E-state index in [0.717, 1.165) is 49.5 Å². The van der Waals surface area contributed by atoms with Crippen LogP contribution in [0, 0.1) is 5.82 Å². The standard InChI is InChI=1S/C22H24FN3O/c1-2-25-13-11-22(12-14-25)26-20(17-8-4-6-10-21(17)27-22)15-19(24-26)16-7-3-5-9-18(16)23/h3-10,20H,2,11-15H2,1H3/t20-/m0/s1. The Morgan fingerprint density at radius 3 is 2.63 bits per heavy atom. The van der Waals surface area contributed by atoms with Crippen LogP contribution in [0.5, 0.6) is 5.75 Å². The predicted octanol–water partition coefficient (Wildman–Crippen LogP) is 4.18. The largest absolute Gasteiger partial charge is 0.466 e. The van der Waals surface area contributed by atoms with Crippen molar-refractivity contribution in [2.45, 2.75) is 38.0 Å². The number of rotatable bonds is 2. The van der Waals surface area contributed by atoms with Gasteiger partial charge in [-0.1, -0.05) is 43.3 Å². The van der Waals surface area contributed by atoms with Crippen molar-refractivity contribution in [2.75, 3.05) is 19.6 Å². The predicted molar refractivity (Wildman–Crippen MR) is 103 cm³/mol. The van der Waals surface area contributed by atoms with Crippen LogP contribution in [0.2, 0.25) is 0 Å². The van der Waals surface area contributed by atoms with Crippen molar-refractivity contribution in [1.82, 2.24) is 9.91 Å². The molecular weight excluding hydrogens is 341 g/mol.